The Kier molecular flexibility index (Phi) is 7.65. The minimum Gasteiger partial charge on any atom is -0.497 e. The first-order valence-electron chi connectivity index (χ1n) is 10.2. The molecular formula is C24H27FN2O4. The lowest BCUT2D eigenvalue weighted by atomic mass is 9.99. The first-order valence-corrected chi connectivity index (χ1v) is 10.2. The third-order valence-electron chi connectivity index (χ3n) is 5.25. The monoisotopic (exact) mass is 426 g/mol. The van der Waals surface area contributed by atoms with Crippen molar-refractivity contribution < 1.29 is 23.5 Å². The minimum absolute atomic E-state index is 0.0692. The first kappa shape index (κ1) is 22.3. The number of ether oxygens (including phenoxy) is 2. The second kappa shape index (κ2) is 10.6. The van der Waals surface area contributed by atoms with Crippen LogP contribution in [0.2, 0.25) is 0 Å². The van der Waals surface area contributed by atoms with E-state index in [-0.39, 0.29) is 42.6 Å². The highest BCUT2D eigenvalue weighted by atomic mass is 19.1. The Bertz CT molecular complexity index is 943. The van der Waals surface area contributed by atoms with E-state index in [4.69, 9.17) is 9.47 Å². The number of carbonyl (C=O) groups is 2. The molecule has 164 valence electrons. The summed E-state index contributed by atoms with van der Waals surface area (Å²) in [6.07, 6.45) is 5.18. The van der Waals surface area contributed by atoms with Gasteiger partial charge in [-0.2, -0.15) is 0 Å². The van der Waals surface area contributed by atoms with E-state index in [9.17, 15) is 14.0 Å². The standard InChI is InChI=1S/C24H27FN2O4/c1-30-18-11-12-19(22(15-18)31-2)21-6-4-3-5-20(16-7-9-17(25)10-8-16)26-23(28)13-14-24(29)27-21/h3-4,7-12,15,20-21H,5-6,13-14H2,1-2H3,(H,26,28)(H,27,29)/b4-3-/t20-,21+/m1/s1. The SMILES string of the molecule is COc1ccc([C@@H]2C/C=C\C[C@H](c3ccc(F)cc3)NC(=O)CCC(=O)N2)c(OC)c1. The Balaban J connectivity index is 1.84. The van der Waals surface area contributed by atoms with E-state index in [0.717, 1.165) is 11.1 Å². The Hall–Kier alpha value is -3.35. The van der Waals surface area contributed by atoms with Crippen molar-refractivity contribution in [2.24, 2.45) is 0 Å². The summed E-state index contributed by atoms with van der Waals surface area (Å²) >= 11 is 0. The largest absolute Gasteiger partial charge is 0.497 e. The van der Waals surface area contributed by atoms with Crippen LogP contribution in [0.1, 0.15) is 48.9 Å². The quantitative estimate of drug-likeness (QED) is 0.725. The molecule has 0 aliphatic carbocycles. The van der Waals surface area contributed by atoms with Gasteiger partial charge in [0.25, 0.3) is 0 Å². The van der Waals surface area contributed by atoms with E-state index in [0.29, 0.717) is 24.3 Å². The van der Waals surface area contributed by atoms with Crippen LogP contribution in [0.25, 0.3) is 0 Å². The Morgan fingerprint density at radius 1 is 0.839 bits per heavy atom. The van der Waals surface area contributed by atoms with Crippen LogP contribution in [0.4, 0.5) is 4.39 Å². The number of benzene rings is 2. The molecule has 0 saturated heterocycles. The fraction of sp³-hybridized carbons (Fsp3) is 0.333. The molecule has 0 fully saturated rings. The minimum atomic E-state index is -0.327. The Labute approximate surface area is 181 Å². The second-order valence-electron chi connectivity index (χ2n) is 7.34. The van der Waals surface area contributed by atoms with Gasteiger partial charge in [-0.1, -0.05) is 24.3 Å². The van der Waals surface area contributed by atoms with Gasteiger partial charge in [0.05, 0.1) is 26.3 Å². The van der Waals surface area contributed by atoms with Crippen molar-refractivity contribution >= 4 is 11.8 Å². The zero-order valence-electron chi connectivity index (χ0n) is 17.7. The van der Waals surface area contributed by atoms with Gasteiger partial charge in [0, 0.05) is 24.5 Å². The van der Waals surface area contributed by atoms with Crippen molar-refractivity contribution in [3.05, 3.63) is 71.6 Å². The number of nitrogens with one attached hydrogen (secondary N) is 2. The van der Waals surface area contributed by atoms with Gasteiger partial charge in [-0.05, 0) is 42.7 Å². The average Bonchev–Trinajstić information content (AvgIpc) is 2.78. The highest BCUT2D eigenvalue weighted by Crippen LogP contribution is 2.32. The molecule has 2 atom stereocenters. The summed E-state index contributed by atoms with van der Waals surface area (Å²) in [5.41, 5.74) is 1.65. The Morgan fingerprint density at radius 3 is 2.06 bits per heavy atom. The molecule has 3 rings (SSSR count). The van der Waals surface area contributed by atoms with Gasteiger partial charge in [0.1, 0.15) is 17.3 Å². The van der Waals surface area contributed by atoms with Crippen LogP contribution >= 0.6 is 0 Å². The molecule has 0 aromatic heterocycles. The van der Waals surface area contributed by atoms with Crippen LogP contribution in [0, 0.1) is 5.82 Å². The fourth-order valence-corrected chi connectivity index (χ4v) is 3.57. The van der Waals surface area contributed by atoms with Gasteiger partial charge < -0.3 is 20.1 Å². The van der Waals surface area contributed by atoms with Gasteiger partial charge in [-0.3, -0.25) is 9.59 Å². The van der Waals surface area contributed by atoms with Gasteiger partial charge in [0.15, 0.2) is 0 Å². The zero-order valence-corrected chi connectivity index (χ0v) is 17.7. The zero-order chi connectivity index (χ0) is 22.2. The summed E-state index contributed by atoms with van der Waals surface area (Å²) in [6, 6.07) is 11.0. The predicted octanol–water partition coefficient (Wildman–Crippen LogP) is 3.99. The van der Waals surface area contributed by atoms with E-state index in [1.54, 1.807) is 32.4 Å². The molecule has 2 N–H and O–H groups in total. The molecule has 7 heteroatoms. The van der Waals surface area contributed by atoms with E-state index in [1.165, 1.54) is 12.1 Å². The molecular weight excluding hydrogens is 399 g/mol. The van der Waals surface area contributed by atoms with Crippen molar-refractivity contribution in [3.8, 4) is 11.5 Å². The molecule has 2 aromatic carbocycles. The van der Waals surface area contributed by atoms with E-state index < -0.39 is 0 Å². The highest BCUT2D eigenvalue weighted by molar-refractivity contribution is 5.84. The molecule has 0 radical (unpaired) electrons. The number of carbonyl (C=O) groups excluding carboxylic acids is 2. The van der Waals surface area contributed by atoms with Crippen molar-refractivity contribution in [1.29, 1.82) is 0 Å². The molecule has 1 heterocycles. The van der Waals surface area contributed by atoms with E-state index in [2.05, 4.69) is 10.6 Å². The van der Waals surface area contributed by atoms with Gasteiger partial charge >= 0.3 is 0 Å². The number of rotatable bonds is 4. The lowest BCUT2D eigenvalue weighted by Crippen LogP contribution is -2.32. The molecule has 0 unspecified atom stereocenters. The van der Waals surface area contributed by atoms with Gasteiger partial charge in [0.2, 0.25) is 11.8 Å². The normalized spacial score (nSPS) is 21.1. The van der Waals surface area contributed by atoms with Gasteiger partial charge in [-0.25, -0.2) is 4.39 Å². The molecule has 31 heavy (non-hydrogen) atoms. The fourth-order valence-electron chi connectivity index (χ4n) is 3.57. The van der Waals surface area contributed by atoms with Crippen LogP contribution in [0.15, 0.2) is 54.6 Å². The maximum absolute atomic E-state index is 13.3. The predicted molar refractivity (Wildman–Crippen MR) is 115 cm³/mol. The first-order chi connectivity index (χ1) is 15.0. The molecule has 1 aliphatic heterocycles. The summed E-state index contributed by atoms with van der Waals surface area (Å²) in [7, 11) is 3.15. The molecule has 2 aromatic rings. The number of hydrogen-bond acceptors (Lipinski definition) is 4. The lowest BCUT2D eigenvalue weighted by molar-refractivity contribution is -0.127. The molecule has 0 bridgehead atoms. The number of methoxy groups -OCH3 is 2. The van der Waals surface area contributed by atoms with Crippen molar-refractivity contribution in [3.63, 3.8) is 0 Å². The van der Waals surface area contributed by atoms with Crippen LogP contribution in [0.3, 0.4) is 0 Å². The summed E-state index contributed by atoms with van der Waals surface area (Å²) in [5.74, 6) is 0.510. The molecule has 2 amide bonds. The third-order valence-corrected chi connectivity index (χ3v) is 5.25. The third kappa shape index (κ3) is 6.07. The smallest absolute Gasteiger partial charge is 0.221 e. The topological polar surface area (TPSA) is 76.7 Å². The van der Waals surface area contributed by atoms with E-state index in [1.807, 2.05) is 24.3 Å². The van der Waals surface area contributed by atoms with Crippen LogP contribution < -0.4 is 20.1 Å². The summed E-state index contributed by atoms with van der Waals surface area (Å²) in [4.78, 5) is 24.9. The van der Waals surface area contributed by atoms with Crippen molar-refractivity contribution in [1.82, 2.24) is 10.6 Å². The van der Waals surface area contributed by atoms with Crippen molar-refractivity contribution in [2.45, 2.75) is 37.8 Å². The molecule has 0 saturated carbocycles. The van der Waals surface area contributed by atoms with Crippen LogP contribution in [-0.4, -0.2) is 26.0 Å². The maximum Gasteiger partial charge on any atom is 0.221 e. The van der Waals surface area contributed by atoms with Crippen LogP contribution in [-0.2, 0) is 9.59 Å². The Morgan fingerprint density at radius 2 is 1.45 bits per heavy atom. The van der Waals surface area contributed by atoms with Crippen molar-refractivity contribution in [2.75, 3.05) is 14.2 Å². The van der Waals surface area contributed by atoms with E-state index >= 15 is 0 Å². The summed E-state index contributed by atoms with van der Waals surface area (Å²) in [5, 5.41) is 5.94. The lowest BCUT2D eigenvalue weighted by Gasteiger charge is -2.22. The molecule has 1 aliphatic rings. The number of halogens is 1. The second-order valence-corrected chi connectivity index (χ2v) is 7.34. The summed E-state index contributed by atoms with van der Waals surface area (Å²) in [6.45, 7) is 0. The molecule has 6 nitrogen and oxygen atoms in total. The van der Waals surface area contributed by atoms with Gasteiger partial charge in [-0.15, -0.1) is 0 Å². The summed E-state index contributed by atoms with van der Waals surface area (Å²) < 4.78 is 24.0. The van der Waals surface area contributed by atoms with Crippen LogP contribution in [0.5, 0.6) is 11.5 Å². The highest BCUT2D eigenvalue weighted by Gasteiger charge is 2.21. The molecule has 0 spiro atoms. The average molecular weight is 426 g/mol. The number of amides is 2. The number of hydrogen-bond donors (Lipinski definition) is 2. The maximum atomic E-state index is 13.3.